The fourth-order valence-electron chi connectivity index (χ4n) is 1.32. The van der Waals surface area contributed by atoms with Gasteiger partial charge < -0.3 is 4.42 Å². The number of oxazole rings is 1. The van der Waals surface area contributed by atoms with E-state index in [1.54, 1.807) is 0 Å². The van der Waals surface area contributed by atoms with Gasteiger partial charge in [-0.1, -0.05) is 28.1 Å². The van der Waals surface area contributed by atoms with E-state index in [-0.39, 0.29) is 33.7 Å². The average Bonchev–Trinajstić information content (AvgIpc) is 2.70. The molecule has 0 atom stereocenters. The fraction of sp³-hybridized carbons (Fsp3) is 0.200. The lowest BCUT2D eigenvalue weighted by Crippen LogP contribution is -1.99. The number of carbonyl (C=O) groups excluding carboxylic acids is 1. The van der Waals surface area contributed by atoms with E-state index in [4.69, 9.17) is 4.42 Å². The first kappa shape index (κ1) is 11.2. The molecule has 1 heterocycles. The third-order valence-corrected chi connectivity index (χ3v) is 2.55. The predicted octanol–water partition coefficient (Wildman–Crippen LogP) is 3.34. The van der Waals surface area contributed by atoms with Gasteiger partial charge in [-0.05, 0) is 6.07 Å². The molecule has 0 unspecified atom stereocenters. The highest BCUT2D eigenvalue weighted by Gasteiger charge is 2.18. The van der Waals surface area contributed by atoms with Crippen LogP contribution in [0.2, 0.25) is 0 Å². The fourth-order valence-corrected chi connectivity index (χ4v) is 1.56. The van der Waals surface area contributed by atoms with Crippen LogP contribution in [0.15, 0.2) is 22.6 Å². The summed E-state index contributed by atoms with van der Waals surface area (Å²) in [5.41, 5.74) is 0.0128. The monoisotopic (exact) mass is 289 g/mol. The van der Waals surface area contributed by atoms with Crippen molar-refractivity contribution < 1.29 is 18.0 Å². The van der Waals surface area contributed by atoms with Crippen molar-refractivity contribution >= 4 is 32.8 Å². The molecular formula is C10H6BrF2NO2. The van der Waals surface area contributed by atoms with Crippen LogP contribution in [-0.2, 0) is 0 Å². The number of alkyl halides is 3. The summed E-state index contributed by atoms with van der Waals surface area (Å²) in [7, 11) is 0. The van der Waals surface area contributed by atoms with Gasteiger partial charge in [0, 0.05) is 5.56 Å². The standard InChI is InChI=1S/C10H6BrF2NO2/c11-4-6(15)10-14-8-5(9(12)13)2-1-3-7(8)16-10/h1-3,9H,4H2. The number of ketones is 1. The normalized spacial score (nSPS) is 11.2. The number of para-hydroxylation sites is 1. The molecule has 0 saturated carbocycles. The Morgan fingerprint density at radius 3 is 2.88 bits per heavy atom. The Hall–Kier alpha value is -1.30. The number of hydrogen-bond donors (Lipinski definition) is 0. The van der Waals surface area contributed by atoms with Crippen LogP contribution >= 0.6 is 15.9 Å². The summed E-state index contributed by atoms with van der Waals surface area (Å²) in [5.74, 6) is -0.531. The first-order valence-electron chi connectivity index (χ1n) is 4.40. The molecule has 0 amide bonds. The van der Waals surface area contributed by atoms with Crippen molar-refractivity contribution in [1.82, 2.24) is 4.98 Å². The maximum Gasteiger partial charge on any atom is 0.266 e. The third-order valence-electron chi connectivity index (χ3n) is 2.05. The number of rotatable bonds is 3. The maximum absolute atomic E-state index is 12.6. The molecular weight excluding hydrogens is 284 g/mol. The van der Waals surface area contributed by atoms with Crippen LogP contribution in [0, 0.1) is 0 Å². The van der Waals surface area contributed by atoms with Crippen LogP contribution < -0.4 is 0 Å². The van der Waals surface area contributed by atoms with E-state index in [1.807, 2.05) is 0 Å². The van der Waals surface area contributed by atoms with Crippen LogP contribution in [0.5, 0.6) is 0 Å². The van der Waals surface area contributed by atoms with Gasteiger partial charge in [0.1, 0.15) is 5.52 Å². The molecule has 0 N–H and O–H groups in total. The zero-order valence-electron chi connectivity index (χ0n) is 7.91. The van der Waals surface area contributed by atoms with Crippen LogP contribution in [0.25, 0.3) is 11.1 Å². The second-order valence-corrected chi connectivity index (χ2v) is 3.63. The van der Waals surface area contributed by atoms with Crippen molar-refractivity contribution in [2.45, 2.75) is 6.43 Å². The van der Waals surface area contributed by atoms with Crippen LogP contribution in [0.3, 0.4) is 0 Å². The van der Waals surface area contributed by atoms with Crippen molar-refractivity contribution in [2.75, 3.05) is 5.33 Å². The quantitative estimate of drug-likeness (QED) is 0.643. The first-order chi connectivity index (χ1) is 7.63. The van der Waals surface area contributed by atoms with Gasteiger partial charge in [-0.3, -0.25) is 4.79 Å². The summed E-state index contributed by atoms with van der Waals surface area (Å²) in [4.78, 5) is 15.1. The minimum atomic E-state index is -2.64. The van der Waals surface area contributed by atoms with E-state index in [9.17, 15) is 13.6 Å². The molecule has 0 aliphatic rings. The highest BCUT2D eigenvalue weighted by atomic mass is 79.9. The summed E-state index contributed by atoms with van der Waals surface area (Å²) < 4.78 is 30.3. The Bertz CT molecular complexity index is 539. The number of Topliss-reactive ketones (excluding diaryl/α,β-unsaturated/α-hetero) is 1. The average molecular weight is 290 g/mol. The predicted molar refractivity (Wildman–Crippen MR) is 57.1 cm³/mol. The smallest absolute Gasteiger partial charge is 0.266 e. The Balaban J connectivity index is 2.61. The van der Waals surface area contributed by atoms with Gasteiger partial charge in [0.15, 0.2) is 5.58 Å². The van der Waals surface area contributed by atoms with Crippen LogP contribution in [-0.4, -0.2) is 16.1 Å². The van der Waals surface area contributed by atoms with Crippen LogP contribution in [0.4, 0.5) is 8.78 Å². The van der Waals surface area contributed by atoms with E-state index in [0.29, 0.717) is 0 Å². The Morgan fingerprint density at radius 1 is 1.50 bits per heavy atom. The van der Waals surface area contributed by atoms with Gasteiger partial charge >= 0.3 is 0 Å². The minimum Gasteiger partial charge on any atom is -0.434 e. The molecule has 2 aromatic rings. The largest absolute Gasteiger partial charge is 0.434 e. The summed E-state index contributed by atoms with van der Waals surface area (Å²) in [6.07, 6.45) is -2.64. The Morgan fingerprint density at radius 2 is 2.25 bits per heavy atom. The van der Waals surface area contributed by atoms with Crippen molar-refractivity contribution in [3.63, 3.8) is 0 Å². The van der Waals surface area contributed by atoms with E-state index < -0.39 is 6.43 Å². The molecule has 0 spiro atoms. The van der Waals surface area contributed by atoms with Gasteiger partial charge in [0.25, 0.3) is 12.3 Å². The number of aromatic nitrogens is 1. The number of nitrogens with zero attached hydrogens (tertiary/aromatic N) is 1. The lowest BCUT2D eigenvalue weighted by Gasteiger charge is -1.97. The lowest BCUT2D eigenvalue weighted by atomic mass is 10.2. The number of benzene rings is 1. The Labute approximate surface area is 97.6 Å². The summed E-state index contributed by atoms with van der Waals surface area (Å²) in [6.45, 7) is 0. The molecule has 0 aliphatic carbocycles. The number of fused-ring (bicyclic) bond motifs is 1. The first-order valence-corrected chi connectivity index (χ1v) is 5.52. The second kappa shape index (κ2) is 4.29. The van der Waals surface area contributed by atoms with Gasteiger partial charge in [0.2, 0.25) is 5.78 Å². The summed E-state index contributed by atoms with van der Waals surface area (Å²) in [5, 5.41) is 0.0455. The minimum absolute atomic E-state index is 0.0433. The van der Waals surface area contributed by atoms with E-state index in [1.165, 1.54) is 18.2 Å². The molecule has 0 radical (unpaired) electrons. The van der Waals surface area contributed by atoms with Crippen molar-refractivity contribution in [3.05, 3.63) is 29.7 Å². The molecule has 16 heavy (non-hydrogen) atoms. The zero-order valence-corrected chi connectivity index (χ0v) is 9.50. The zero-order chi connectivity index (χ0) is 11.7. The topological polar surface area (TPSA) is 43.1 Å². The molecule has 0 aliphatic heterocycles. The highest BCUT2D eigenvalue weighted by molar-refractivity contribution is 9.09. The lowest BCUT2D eigenvalue weighted by molar-refractivity contribution is 0.0989. The van der Waals surface area contributed by atoms with Crippen molar-refractivity contribution in [1.29, 1.82) is 0 Å². The molecule has 1 aromatic heterocycles. The highest BCUT2D eigenvalue weighted by Crippen LogP contribution is 2.27. The van der Waals surface area contributed by atoms with Crippen molar-refractivity contribution in [3.8, 4) is 0 Å². The summed E-state index contributed by atoms with van der Waals surface area (Å²) in [6, 6.07) is 4.20. The summed E-state index contributed by atoms with van der Waals surface area (Å²) >= 11 is 2.96. The van der Waals surface area contributed by atoms with E-state index in [0.717, 1.165) is 0 Å². The SMILES string of the molecule is O=C(CBr)c1nc2c(C(F)F)cccc2o1. The number of hydrogen-bond acceptors (Lipinski definition) is 3. The molecule has 0 saturated heterocycles. The number of carbonyl (C=O) groups is 1. The van der Waals surface area contributed by atoms with Gasteiger partial charge in [-0.2, -0.15) is 0 Å². The molecule has 2 rings (SSSR count). The molecule has 0 fully saturated rings. The van der Waals surface area contributed by atoms with Crippen molar-refractivity contribution in [2.24, 2.45) is 0 Å². The maximum atomic E-state index is 12.6. The van der Waals surface area contributed by atoms with E-state index in [2.05, 4.69) is 20.9 Å². The third kappa shape index (κ3) is 1.84. The Kier molecular flexibility index (Phi) is 3.00. The molecule has 6 heteroatoms. The molecule has 84 valence electrons. The number of halogens is 3. The molecule has 3 nitrogen and oxygen atoms in total. The second-order valence-electron chi connectivity index (χ2n) is 3.07. The van der Waals surface area contributed by atoms with Crippen LogP contribution in [0.1, 0.15) is 22.7 Å². The van der Waals surface area contributed by atoms with Gasteiger partial charge in [-0.25, -0.2) is 13.8 Å². The molecule has 0 bridgehead atoms. The van der Waals surface area contributed by atoms with E-state index >= 15 is 0 Å². The van der Waals surface area contributed by atoms with Gasteiger partial charge in [0.05, 0.1) is 5.33 Å². The molecule has 1 aromatic carbocycles. The van der Waals surface area contributed by atoms with Gasteiger partial charge in [-0.15, -0.1) is 0 Å².